The second kappa shape index (κ2) is 25.4. The van der Waals surface area contributed by atoms with Crippen molar-refractivity contribution in [3.05, 3.63) is 170 Å². The molecule has 8 aromatic rings. The van der Waals surface area contributed by atoms with Crippen molar-refractivity contribution < 1.29 is 73.3 Å². The van der Waals surface area contributed by atoms with Crippen LogP contribution in [0, 0.1) is 0 Å². The van der Waals surface area contributed by atoms with Crippen molar-refractivity contribution in [2.24, 2.45) is 0 Å². The van der Waals surface area contributed by atoms with E-state index in [0.29, 0.717) is 0 Å². The predicted molar refractivity (Wildman–Crippen MR) is 214 cm³/mol. The molecule has 0 N–H and O–H groups in total. The van der Waals surface area contributed by atoms with Gasteiger partial charge < -0.3 is 24.8 Å². The van der Waals surface area contributed by atoms with Crippen molar-refractivity contribution in [2.75, 3.05) is 0 Å². The van der Waals surface area contributed by atoms with Crippen LogP contribution >= 0.6 is 0 Å². The van der Waals surface area contributed by atoms with Gasteiger partial charge in [0.05, 0.1) is 0 Å². The second-order valence-corrected chi connectivity index (χ2v) is 16.4. The Morgan fingerprint density at radius 2 is 0.538 bits per heavy atom. The van der Waals surface area contributed by atoms with E-state index in [9.17, 15) is 0 Å². The van der Waals surface area contributed by atoms with E-state index < -0.39 is 0 Å². The number of fused-ring (bicyclic) bond motifs is 4. The smallest absolute Gasteiger partial charge is 0.0809 e. The van der Waals surface area contributed by atoms with Crippen LogP contribution < -0.4 is 24.8 Å². The number of rotatable bonds is 0. The molecule has 10 rings (SSSR count). The number of halogens is 2. The van der Waals surface area contributed by atoms with Gasteiger partial charge >= 0.3 is 119 Å². The van der Waals surface area contributed by atoms with Crippen molar-refractivity contribution in [3.8, 4) is 0 Å². The maximum atomic E-state index is 2.12. The third kappa shape index (κ3) is 15.4. The Bertz CT molecular complexity index is 1720. The zero-order valence-corrected chi connectivity index (χ0v) is 36.4. The van der Waals surface area contributed by atoms with E-state index in [1.807, 2.05) is 0 Å². The van der Waals surface area contributed by atoms with Gasteiger partial charge in [-0.15, -0.1) is 119 Å². The summed E-state index contributed by atoms with van der Waals surface area (Å²) in [6.45, 7) is 0. The second-order valence-electron chi connectivity index (χ2n) is 12.9. The fourth-order valence-corrected chi connectivity index (χ4v) is 7.97. The van der Waals surface area contributed by atoms with Gasteiger partial charge in [-0.25, -0.2) is 0 Å². The minimum Gasteiger partial charge on any atom is -0.168 e. The zero-order chi connectivity index (χ0) is 34.6. The summed E-state index contributed by atoms with van der Waals surface area (Å²) in [5, 5.41) is 10.6. The van der Waals surface area contributed by atoms with Crippen molar-refractivity contribution in [2.45, 2.75) is 64.2 Å². The maximum absolute atomic E-state index is 2.12. The van der Waals surface area contributed by atoms with Crippen LogP contribution in [-0.2, 0) is 48.5 Å². The average molecular weight is 878 g/mol. The van der Waals surface area contributed by atoms with Crippen molar-refractivity contribution >= 4 is 49.5 Å². The Labute approximate surface area is 353 Å². The van der Waals surface area contributed by atoms with Crippen LogP contribution in [0.3, 0.4) is 0 Å². The Balaban J connectivity index is 0.000000168. The molecule has 0 unspecified atom stereocenters. The molecule has 2 aliphatic carbocycles. The zero-order valence-electron chi connectivity index (χ0n) is 30.0. The van der Waals surface area contributed by atoms with Gasteiger partial charge in [-0.1, -0.05) is 24.3 Å². The molecule has 8 aromatic carbocycles. The van der Waals surface area contributed by atoms with Crippen molar-refractivity contribution in [3.63, 3.8) is 0 Å². The molecule has 0 bridgehead atoms. The minimum atomic E-state index is 0. The Morgan fingerprint density at radius 3 is 0.731 bits per heavy atom. The molecule has 0 saturated heterocycles. The van der Waals surface area contributed by atoms with Crippen LogP contribution in [0.1, 0.15) is 64.2 Å². The van der Waals surface area contributed by atoms with E-state index >= 15 is 0 Å². The summed E-state index contributed by atoms with van der Waals surface area (Å²) in [6, 6.07) is 58.7. The average Bonchev–Trinajstić information content (AvgIpc) is 4.00. The summed E-state index contributed by atoms with van der Waals surface area (Å²) in [5.74, 6) is 0. The molecule has 0 aliphatic heterocycles. The molecule has 0 nitrogen and oxygen atoms in total. The molecule has 0 atom stereocenters. The SMILES string of the molecule is [Cl-].[Cl-].[Zr+2]=[C]1CCCCC1.[Zr+2]=[C]1CCCCC1.c1ccc2[cH-]ccc2c1.c1ccc2[cH-]ccc2c1.c1ccc2[cH-]ccc2c1.c1ccc2[cH-]ccc2c1. The van der Waals surface area contributed by atoms with Gasteiger partial charge in [-0.3, -0.25) is 0 Å². The molecule has 2 fully saturated rings. The van der Waals surface area contributed by atoms with E-state index in [0.717, 1.165) is 0 Å². The third-order valence-electron chi connectivity index (χ3n) is 9.10. The Hall–Kier alpha value is -2.59. The summed E-state index contributed by atoms with van der Waals surface area (Å²) in [5.41, 5.74) is 0. The molecule has 0 amide bonds. The summed E-state index contributed by atoms with van der Waals surface area (Å²) >= 11 is 3.38. The van der Waals surface area contributed by atoms with Crippen molar-refractivity contribution in [1.29, 1.82) is 0 Å². The molecule has 264 valence electrons. The van der Waals surface area contributed by atoms with Crippen LogP contribution in [0.5, 0.6) is 0 Å². The summed E-state index contributed by atoms with van der Waals surface area (Å²) in [6.07, 6.45) is 14.6. The van der Waals surface area contributed by atoms with Gasteiger partial charge in [0.25, 0.3) is 0 Å². The Morgan fingerprint density at radius 1 is 0.308 bits per heavy atom. The molecule has 2 aliphatic rings. The first-order chi connectivity index (χ1) is 24.7. The molecule has 0 radical (unpaired) electrons. The standard InChI is InChI=1S/4C9H7.2C6H10.2ClH.2Zr/c4*1-2-5-9-7-3-6-8(9)4-1;2*1-2-4-6-5-3-1;;;;/h4*1-7H;2*1-5H2;2*1H;;/q4*-1;;;;;2*+2/p-2. The monoisotopic (exact) mass is 874 g/mol. The predicted octanol–water partition coefficient (Wildman–Crippen LogP) is 7.58. The van der Waals surface area contributed by atoms with Gasteiger partial charge in [-0.05, 0) is 0 Å². The minimum absolute atomic E-state index is 0. The molecule has 0 heterocycles. The molecule has 4 heteroatoms. The van der Waals surface area contributed by atoms with Crippen LogP contribution in [0.4, 0.5) is 0 Å². The van der Waals surface area contributed by atoms with Crippen LogP contribution in [0.25, 0.3) is 43.1 Å². The normalized spacial score (nSPS) is 13.2. The summed E-state index contributed by atoms with van der Waals surface area (Å²) < 4.78 is 3.61. The Kier molecular flexibility index (Phi) is 21.4. The first kappa shape index (κ1) is 43.8. The van der Waals surface area contributed by atoms with E-state index in [1.165, 1.54) is 107 Å². The van der Waals surface area contributed by atoms with Gasteiger partial charge in [-0.2, -0.15) is 70.1 Å². The van der Waals surface area contributed by atoms with Gasteiger partial charge in [0.1, 0.15) is 0 Å². The van der Waals surface area contributed by atoms with Crippen LogP contribution in [0.2, 0.25) is 0 Å². The molecule has 2 saturated carbocycles. The molecular weight excluding hydrogens is 830 g/mol. The van der Waals surface area contributed by atoms with Crippen molar-refractivity contribution in [1.82, 2.24) is 0 Å². The van der Waals surface area contributed by atoms with Gasteiger partial charge in [0.15, 0.2) is 0 Å². The first-order valence-electron chi connectivity index (χ1n) is 18.2. The van der Waals surface area contributed by atoms with Crippen LogP contribution in [-0.4, -0.2) is 6.41 Å². The van der Waals surface area contributed by atoms with Crippen LogP contribution in [0.15, 0.2) is 170 Å². The van der Waals surface area contributed by atoms with Gasteiger partial charge in [0, 0.05) is 0 Å². The first-order valence-corrected chi connectivity index (χ1v) is 20.7. The summed E-state index contributed by atoms with van der Waals surface area (Å²) in [4.78, 5) is 0. The number of hydrogen-bond acceptors (Lipinski definition) is 0. The number of hydrogen-bond donors (Lipinski definition) is 0. The molecular formula is C48H48Cl2Zr2-2. The van der Waals surface area contributed by atoms with E-state index in [-0.39, 0.29) is 24.8 Å². The maximum Gasteiger partial charge on any atom is -0.0809 e. The quantitative estimate of drug-likeness (QED) is 0.138. The van der Waals surface area contributed by atoms with E-state index in [1.54, 1.807) is 54.9 Å². The fraction of sp³-hybridized carbons (Fsp3) is 0.208. The number of benzene rings is 4. The van der Waals surface area contributed by atoms with Gasteiger partial charge in [0.2, 0.25) is 0 Å². The molecule has 52 heavy (non-hydrogen) atoms. The van der Waals surface area contributed by atoms with E-state index in [4.69, 9.17) is 0 Å². The summed E-state index contributed by atoms with van der Waals surface area (Å²) in [7, 11) is 0. The topological polar surface area (TPSA) is 0 Å². The molecule has 0 aromatic heterocycles. The largest absolute Gasteiger partial charge is 0.168 e. The van der Waals surface area contributed by atoms with E-state index in [2.05, 4.69) is 170 Å². The third-order valence-corrected chi connectivity index (χ3v) is 11.6. The fourth-order valence-electron chi connectivity index (χ4n) is 6.24. The molecule has 0 spiro atoms.